The first-order valence-corrected chi connectivity index (χ1v) is 2.09. The van der Waals surface area contributed by atoms with Crippen molar-refractivity contribution in [3.05, 3.63) is 18.0 Å². The maximum atomic E-state index is 3.75. The molecule has 1 aromatic rings. The van der Waals surface area contributed by atoms with Crippen LogP contribution in [0.3, 0.4) is 0 Å². The van der Waals surface area contributed by atoms with Crippen molar-refractivity contribution in [1.29, 1.82) is 0 Å². The molecule has 0 fully saturated rings. The van der Waals surface area contributed by atoms with Gasteiger partial charge >= 0.3 is 0 Å². The molecule has 7 heavy (non-hydrogen) atoms. The molecule has 0 spiro atoms. The Morgan fingerprint density at radius 3 is 2.57 bits per heavy atom. The summed E-state index contributed by atoms with van der Waals surface area (Å²) in [6.07, 6.45) is 5.61. The van der Waals surface area contributed by atoms with Gasteiger partial charge in [-0.3, -0.25) is 4.68 Å². The molecule has 0 bridgehead atoms. The van der Waals surface area contributed by atoms with E-state index in [4.69, 9.17) is 0 Å². The Labute approximate surface area is 42.8 Å². The molecule has 2 heteroatoms. The molecule has 0 N–H and O–H groups in total. The van der Waals surface area contributed by atoms with Crippen LogP contribution in [0, 0.1) is 19.3 Å². The molecule has 0 unspecified atom stereocenters. The first kappa shape index (κ1) is 4.37. The molecule has 0 aromatic carbocycles. The molecule has 0 amide bonds. The number of hydrogen-bond acceptors (Lipinski definition) is 1. The van der Waals surface area contributed by atoms with Crippen LogP contribution in [0.2, 0.25) is 0 Å². The Hall–Kier alpha value is -0.790. The Bertz CT molecular complexity index is 138. The number of aromatic nitrogens is 2. The molecule has 2 radical (unpaired) electrons. The normalized spacial score (nSPS) is 9.43. The predicted molar refractivity (Wildman–Crippen MR) is 25.6 cm³/mol. The van der Waals surface area contributed by atoms with Gasteiger partial charge < -0.3 is 0 Å². The minimum absolute atomic E-state index is 0.961. The van der Waals surface area contributed by atoms with Crippen LogP contribution in [0.5, 0.6) is 0 Å². The van der Waals surface area contributed by atoms with Crippen molar-refractivity contribution in [1.82, 2.24) is 9.78 Å². The summed E-state index contributed by atoms with van der Waals surface area (Å²) in [4.78, 5) is 0. The quantitative estimate of drug-likeness (QED) is 0.453. The van der Waals surface area contributed by atoms with Gasteiger partial charge in [0.1, 0.15) is 6.20 Å². The number of nitrogens with zero attached hydrogens (tertiary/aromatic N) is 2. The monoisotopic (exact) mass is 94.1 g/mol. The average molecular weight is 94.1 g/mol. The first-order chi connectivity index (χ1) is 3.29. The predicted octanol–water partition coefficient (Wildman–Crippen LogP) is 0.329. The number of hydrogen-bond donors (Lipinski definition) is 0. The van der Waals surface area contributed by atoms with Crippen LogP contribution in [-0.4, -0.2) is 9.78 Å². The van der Waals surface area contributed by atoms with Gasteiger partial charge in [0.15, 0.2) is 0 Å². The van der Waals surface area contributed by atoms with Gasteiger partial charge in [0.25, 0.3) is 0 Å². The SMILES string of the molecule is Cc1[c]nn(C)[c]1. The van der Waals surface area contributed by atoms with Crippen LogP contribution in [-0.2, 0) is 7.05 Å². The van der Waals surface area contributed by atoms with Gasteiger partial charge in [0.05, 0.1) is 6.20 Å². The van der Waals surface area contributed by atoms with E-state index in [0.29, 0.717) is 0 Å². The van der Waals surface area contributed by atoms with E-state index in [0.717, 1.165) is 5.56 Å². The van der Waals surface area contributed by atoms with E-state index in [-0.39, 0.29) is 0 Å². The summed E-state index contributed by atoms with van der Waals surface area (Å²) in [6.45, 7) is 1.91. The highest BCUT2D eigenvalue weighted by Crippen LogP contribution is 1.86. The molecule has 0 saturated carbocycles. The summed E-state index contributed by atoms with van der Waals surface area (Å²) in [5, 5.41) is 3.75. The van der Waals surface area contributed by atoms with Crippen molar-refractivity contribution in [2.45, 2.75) is 6.92 Å². The highest BCUT2D eigenvalue weighted by Gasteiger charge is 1.84. The zero-order valence-electron chi connectivity index (χ0n) is 4.39. The molecule has 0 aliphatic rings. The highest BCUT2D eigenvalue weighted by molar-refractivity contribution is 4.94. The van der Waals surface area contributed by atoms with Crippen molar-refractivity contribution < 1.29 is 0 Å². The van der Waals surface area contributed by atoms with Crippen molar-refractivity contribution in [2.75, 3.05) is 0 Å². The van der Waals surface area contributed by atoms with E-state index in [9.17, 15) is 0 Å². The third-order valence-electron chi connectivity index (χ3n) is 0.697. The van der Waals surface area contributed by atoms with Crippen LogP contribution >= 0.6 is 0 Å². The second-order valence-corrected chi connectivity index (χ2v) is 1.47. The summed E-state index contributed by atoms with van der Waals surface area (Å²) < 4.78 is 1.61. The molecule has 1 aromatic heterocycles. The zero-order chi connectivity index (χ0) is 5.28. The summed E-state index contributed by atoms with van der Waals surface area (Å²) in [7, 11) is 1.82. The van der Waals surface area contributed by atoms with Crippen LogP contribution in [0.1, 0.15) is 5.56 Å². The Balaban J connectivity index is 3.04. The summed E-state index contributed by atoms with van der Waals surface area (Å²) in [5.41, 5.74) is 0.961. The van der Waals surface area contributed by atoms with Gasteiger partial charge in [-0.15, -0.1) is 0 Å². The third kappa shape index (κ3) is 0.796. The van der Waals surface area contributed by atoms with Gasteiger partial charge in [-0.2, -0.15) is 5.10 Å². The van der Waals surface area contributed by atoms with Crippen molar-refractivity contribution in [3.63, 3.8) is 0 Å². The van der Waals surface area contributed by atoms with Crippen molar-refractivity contribution in [2.24, 2.45) is 7.05 Å². The van der Waals surface area contributed by atoms with Gasteiger partial charge in [0.2, 0.25) is 0 Å². The fourth-order valence-electron chi connectivity index (χ4n) is 0.443. The number of rotatable bonds is 0. The molecule has 0 aliphatic heterocycles. The zero-order valence-corrected chi connectivity index (χ0v) is 4.39. The van der Waals surface area contributed by atoms with E-state index < -0.39 is 0 Å². The molecule has 36 valence electrons. The molecule has 2 nitrogen and oxygen atoms in total. The molecule has 1 rings (SSSR count). The second kappa shape index (κ2) is 1.37. The fourth-order valence-corrected chi connectivity index (χ4v) is 0.443. The molecular weight excluding hydrogens is 88.1 g/mol. The number of aryl methyl sites for hydroxylation is 2. The van der Waals surface area contributed by atoms with E-state index in [1.165, 1.54) is 0 Å². The Morgan fingerprint density at radius 1 is 1.71 bits per heavy atom. The van der Waals surface area contributed by atoms with Crippen molar-refractivity contribution in [3.8, 4) is 0 Å². The largest absolute Gasteiger partial charge is 0.265 e. The van der Waals surface area contributed by atoms with Crippen LogP contribution in [0.25, 0.3) is 0 Å². The highest BCUT2D eigenvalue weighted by atomic mass is 15.2. The molecule has 0 atom stereocenters. The summed E-state index contributed by atoms with van der Waals surface area (Å²) >= 11 is 0. The van der Waals surface area contributed by atoms with E-state index in [1.54, 1.807) is 4.68 Å². The van der Waals surface area contributed by atoms with Crippen LogP contribution in [0.15, 0.2) is 0 Å². The lowest BCUT2D eigenvalue weighted by atomic mass is 10.4. The summed E-state index contributed by atoms with van der Waals surface area (Å²) in [6, 6.07) is 0. The lowest BCUT2D eigenvalue weighted by molar-refractivity contribution is 0.759. The molecule has 1 heterocycles. The smallest absolute Gasteiger partial charge is 0.116 e. The first-order valence-electron chi connectivity index (χ1n) is 2.09. The van der Waals surface area contributed by atoms with Gasteiger partial charge in [-0.25, -0.2) is 0 Å². The average Bonchev–Trinajstić information content (AvgIpc) is 1.87. The lowest BCUT2D eigenvalue weighted by Gasteiger charge is -1.76. The maximum Gasteiger partial charge on any atom is 0.116 e. The molecular formula is C5H6N2. The molecule has 0 aliphatic carbocycles. The fraction of sp³-hybridized carbons (Fsp3) is 0.400. The second-order valence-electron chi connectivity index (χ2n) is 1.47. The topological polar surface area (TPSA) is 17.8 Å². The van der Waals surface area contributed by atoms with Gasteiger partial charge in [-0.05, 0) is 6.92 Å². The van der Waals surface area contributed by atoms with Crippen molar-refractivity contribution >= 4 is 0 Å². The Morgan fingerprint density at radius 2 is 2.43 bits per heavy atom. The third-order valence-corrected chi connectivity index (χ3v) is 0.697. The van der Waals surface area contributed by atoms with E-state index >= 15 is 0 Å². The Kier molecular flexibility index (Phi) is 0.855. The van der Waals surface area contributed by atoms with Crippen LogP contribution < -0.4 is 0 Å². The maximum absolute atomic E-state index is 3.75. The minimum Gasteiger partial charge on any atom is -0.265 e. The standard InChI is InChI=1S/C5H6N2/c1-5-3-6-7(2)4-5/h1-2H3. The summed E-state index contributed by atoms with van der Waals surface area (Å²) in [5.74, 6) is 0. The van der Waals surface area contributed by atoms with E-state index in [1.807, 2.05) is 14.0 Å². The van der Waals surface area contributed by atoms with E-state index in [2.05, 4.69) is 17.5 Å². The lowest BCUT2D eigenvalue weighted by Crippen LogP contribution is -1.84. The van der Waals surface area contributed by atoms with Crippen LogP contribution in [0.4, 0.5) is 0 Å². The molecule has 0 saturated heterocycles. The van der Waals surface area contributed by atoms with Gasteiger partial charge in [0, 0.05) is 12.6 Å². The minimum atomic E-state index is 0.961. The van der Waals surface area contributed by atoms with Gasteiger partial charge in [-0.1, -0.05) is 0 Å².